The summed E-state index contributed by atoms with van der Waals surface area (Å²) in [5.74, 6) is 1.70. The SMILES string of the molecule is CC.CCC(C)C(C)CN(C)C. The van der Waals surface area contributed by atoms with Crippen molar-refractivity contribution in [3.05, 3.63) is 0 Å². The molecule has 0 aromatic rings. The van der Waals surface area contributed by atoms with E-state index in [1.54, 1.807) is 0 Å². The Balaban J connectivity index is 0. The Morgan fingerprint density at radius 3 is 1.67 bits per heavy atom. The lowest BCUT2D eigenvalue weighted by Gasteiger charge is -2.21. The Hall–Kier alpha value is -0.0400. The first-order valence-electron chi connectivity index (χ1n) is 5.22. The van der Waals surface area contributed by atoms with Gasteiger partial charge in [0.05, 0.1) is 0 Å². The summed E-state index contributed by atoms with van der Waals surface area (Å²) in [7, 11) is 4.28. The average molecular weight is 173 g/mol. The molecule has 12 heavy (non-hydrogen) atoms. The van der Waals surface area contributed by atoms with Crippen LogP contribution in [0.2, 0.25) is 0 Å². The first-order valence-corrected chi connectivity index (χ1v) is 5.22. The van der Waals surface area contributed by atoms with Gasteiger partial charge in [0, 0.05) is 6.54 Å². The Morgan fingerprint density at radius 1 is 1.00 bits per heavy atom. The van der Waals surface area contributed by atoms with Crippen LogP contribution in [0.15, 0.2) is 0 Å². The lowest BCUT2D eigenvalue weighted by molar-refractivity contribution is 0.270. The summed E-state index contributed by atoms with van der Waals surface area (Å²) in [6, 6.07) is 0. The number of rotatable bonds is 4. The van der Waals surface area contributed by atoms with Crippen LogP contribution in [0.1, 0.15) is 41.0 Å². The van der Waals surface area contributed by atoms with Crippen LogP contribution in [-0.2, 0) is 0 Å². The minimum Gasteiger partial charge on any atom is -0.309 e. The van der Waals surface area contributed by atoms with Crippen LogP contribution in [0, 0.1) is 11.8 Å². The molecule has 0 aromatic heterocycles. The molecule has 0 saturated heterocycles. The maximum atomic E-state index is 2.33. The second-order valence-electron chi connectivity index (χ2n) is 3.63. The van der Waals surface area contributed by atoms with Crippen molar-refractivity contribution >= 4 is 0 Å². The standard InChI is InChI=1S/C9H21N.C2H6/c1-6-8(2)9(3)7-10(4)5;1-2/h8-9H,6-7H2,1-5H3;1-2H3. The van der Waals surface area contributed by atoms with Gasteiger partial charge in [0.1, 0.15) is 0 Å². The van der Waals surface area contributed by atoms with E-state index in [9.17, 15) is 0 Å². The molecule has 76 valence electrons. The number of hydrogen-bond donors (Lipinski definition) is 0. The van der Waals surface area contributed by atoms with Gasteiger partial charge in [-0.05, 0) is 25.9 Å². The van der Waals surface area contributed by atoms with Gasteiger partial charge < -0.3 is 4.90 Å². The predicted octanol–water partition coefficient (Wildman–Crippen LogP) is 3.26. The third-order valence-electron chi connectivity index (χ3n) is 2.27. The van der Waals surface area contributed by atoms with Crippen molar-refractivity contribution in [1.82, 2.24) is 4.90 Å². The van der Waals surface area contributed by atoms with Crippen LogP contribution in [0.25, 0.3) is 0 Å². The predicted molar refractivity (Wildman–Crippen MR) is 58.5 cm³/mol. The molecular weight excluding hydrogens is 146 g/mol. The molecular formula is C11H27N. The number of hydrogen-bond acceptors (Lipinski definition) is 1. The molecule has 0 fully saturated rings. The number of nitrogens with zero attached hydrogens (tertiary/aromatic N) is 1. The minimum atomic E-state index is 0.833. The molecule has 0 aromatic carbocycles. The molecule has 0 N–H and O–H groups in total. The first-order chi connectivity index (χ1) is 5.57. The van der Waals surface area contributed by atoms with Gasteiger partial charge in [-0.2, -0.15) is 0 Å². The molecule has 0 saturated carbocycles. The van der Waals surface area contributed by atoms with E-state index in [4.69, 9.17) is 0 Å². The van der Waals surface area contributed by atoms with Crippen molar-refractivity contribution in [2.75, 3.05) is 20.6 Å². The highest BCUT2D eigenvalue weighted by molar-refractivity contribution is 4.62. The summed E-state index contributed by atoms with van der Waals surface area (Å²) in [4.78, 5) is 2.26. The maximum absolute atomic E-state index is 2.33. The highest BCUT2D eigenvalue weighted by Gasteiger charge is 2.09. The fourth-order valence-electron chi connectivity index (χ4n) is 1.16. The van der Waals surface area contributed by atoms with Crippen molar-refractivity contribution in [2.24, 2.45) is 11.8 Å². The van der Waals surface area contributed by atoms with Crippen LogP contribution in [0.5, 0.6) is 0 Å². The zero-order chi connectivity index (χ0) is 10.1. The van der Waals surface area contributed by atoms with Crippen LogP contribution in [-0.4, -0.2) is 25.5 Å². The van der Waals surface area contributed by atoms with E-state index in [0.717, 1.165) is 11.8 Å². The van der Waals surface area contributed by atoms with Gasteiger partial charge in [-0.15, -0.1) is 0 Å². The van der Waals surface area contributed by atoms with Crippen LogP contribution < -0.4 is 0 Å². The second-order valence-corrected chi connectivity index (χ2v) is 3.63. The first kappa shape index (κ1) is 14.5. The zero-order valence-corrected chi connectivity index (χ0v) is 10.0. The zero-order valence-electron chi connectivity index (χ0n) is 10.0. The van der Waals surface area contributed by atoms with Gasteiger partial charge in [-0.1, -0.05) is 41.0 Å². The second kappa shape index (κ2) is 9.05. The van der Waals surface area contributed by atoms with E-state index in [1.165, 1.54) is 13.0 Å². The Labute approximate surface area is 79.2 Å². The van der Waals surface area contributed by atoms with Crippen molar-refractivity contribution in [3.8, 4) is 0 Å². The molecule has 2 atom stereocenters. The maximum Gasteiger partial charge on any atom is 0.000346 e. The topological polar surface area (TPSA) is 3.24 Å². The molecule has 1 heteroatoms. The van der Waals surface area contributed by atoms with E-state index in [1.807, 2.05) is 13.8 Å². The molecule has 1 nitrogen and oxygen atoms in total. The molecule has 0 aliphatic heterocycles. The van der Waals surface area contributed by atoms with Crippen molar-refractivity contribution in [2.45, 2.75) is 41.0 Å². The molecule has 0 aliphatic rings. The smallest absolute Gasteiger partial charge is 0.000346 e. The monoisotopic (exact) mass is 173 g/mol. The third kappa shape index (κ3) is 8.06. The van der Waals surface area contributed by atoms with Gasteiger partial charge in [0.2, 0.25) is 0 Å². The summed E-state index contributed by atoms with van der Waals surface area (Å²) >= 11 is 0. The van der Waals surface area contributed by atoms with Crippen LogP contribution in [0.4, 0.5) is 0 Å². The molecule has 0 aliphatic carbocycles. The Bertz CT molecular complexity index is 79.1. The fraction of sp³-hybridized carbons (Fsp3) is 1.00. The summed E-state index contributed by atoms with van der Waals surface area (Å²) in [5.41, 5.74) is 0. The normalized spacial score (nSPS) is 15.0. The molecule has 0 amide bonds. The Morgan fingerprint density at radius 2 is 1.42 bits per heavy atom. The average Bonchev–Trinajstić information content (AvgIpc) is 2.05. The molecule has 0 rings (SSSR count). The van der Waals surface area contributed by atoms with Crippen LogP contribution >= 0.6 is 0 Å². The lowest BCUT2D eigenvalue weighted by atomic mass is 9.93. The Kier molecular flexibility index (Phi) is 10.9. The summed E-state index contributed by atoms with van der Waals surface area (Å²) < 4.78 is 0. The van der Waals surface area contributed by atoms with Gasteiger partial charge >= 0.3 is 0 Å². The van der Waals surface area contributed by atoms with Gasteiger partial charge in [-0.3, -0.25) is 0 Å². The molecule has 0 heterocycles. The summed E-state index contributed by atoms with van der Waals surface area (Å²) in [6.45, 7) is 12.1. The van der Waals surface area contributed by atoms with Gasteiger partial charge in [0.25, 0.3) is 0 Å². The van der Waals surface area contributed by atoms with E-state index >= 15 is 0 Å². The van der Waals surface area contributed by atoms with Crippen molar-refractivity contribution in [1.29, 1.82) is 0 Å². The van der Waals surface area contributed by atoms with Crippen LogP contribution in [0.3, 0.4) is 0 Å². The molecule has 0 bridgehead atoms. The lowest BCUT2D eigenvalue weighted by Crippen LogP contribution is -2.23. The van der Waals surface area contributed by atoms with E-state index in [-0.39, 0.29) is 0 Å². The van der Waals surface area contributed by atoms with E-state index in [0.29, 0.717) is 0 Å². The largest absolute Gasteiger partial charge is 0.309 e. The van der Waals surface area contributed by atoms with Crippen molar-refractivity contribution < 1.29 is 0 Å². The van der Waals surface area contributed by atoms with Crippen molar-refractivity contribution in [3.63, 3.8) is 0 Å². The van der Waals surface area contributed by atoms with E-state index in [2.05, 4.69) is 39.8 Å². The fourth-order valence-corrected chi connectivity index (χ4v) is 1.16. The highest BCUT2D eigenvalue weighted by atomic mass is 15.1. The summed E-state index contributed by atoms with van der Waals surface area (Å²) in [6.07, 6.45) is 1.30. The van der Waals surface area contributed by atoms with Gasteiger partial charge in [0.15, 0.2) is 0 Å². The molecule has 0 radical (unpaired) electrons. The molecule has 0 spiro atoms. The summed E-state index contributed by atoms with van der Waals surface area (Å²) in [5, 5.41) is 0. The quantitative estimate of drug-likeness (QED) is 0.631. The van der Waals surface area contributed by atoms with Gasteiger partial charge in [-0.25, -0.2) is 0 Å². The third-order valence-corrected chi connectivity index (χ3v) is 2.27. The van der Waals surface area contributed by atoms with E-state index < -0.39 is 0 Å². The highest BCUT2D eigenvalue weighted by Crippen LogP contribution is 2.14. The molecule has 2 unspecified atom stereocenters. The minimum absolute atomic E-state index is 0.833.